The van der Waals surface area contributed by atoms with Gasteiger partial charge in [0.05, 0.1) is 12.6 Å². The number of nitrogens with zero attached hydrogens (tertiary/aromatic N) is 2. The summed E-state index contributed by atoms with van der Waals surface area (Å²) in [5.41, 5.74) is 0. The summed E-state index contributed by atoms with van der Waals surface area (Å²) in [4.78, 5) is 23.9. The third-order valence-electron chi connectivity index (χ3n) is 3.82. The first-order valence-electron chi connectivity index (χ1n) is 6.76. The van der Waals surface area contributed by atoms with Crippen molar-refractivity contribution in [1.29, 1.82) is 0 Å². The molecule has 0 radical (unpaired) electrons. The molecule has 1 aromatic carbocycles. The van der Waals surface area contributed by atoms with Crippen LogP contribution in [0.15, 0.2) is 29.2 Å². The first-order chi connectivity index (χ1) is 10.4. The van der Waals surface area contributed by atoms with Crippen LogP contribution < -0.4 is 5.32 Å². The Morgan fingerprint density at radius 1 is 1.23 bits per heavy atom. The summed E-state index contributed by atoms with van der Waals surface area (Å²) in [6, 6.07) is 4.11. The first kappa shape index (κ1) is 14.9. The number of imide groups is 1. The van der Waals surface area contributed by atoms with Crippen LogP contribution in [0.25, 0.3) is 0 Å². The van der Waals surface area contributed by atoms with Crippen molar-refractivity contribution in [2.45, 2.75) is 17.4 Å². The van der Waals surface area contributed by atoms with Crippen LogP contribution in [-0.2, 0) is 14.8 Å². The quantitative estimate of drug-likeness (QED) is 0.800. The van der Waals surface area contributed by atoms with Gasteiger partial charge in [0, 0.05) is 13.1 Å². The molecule has 2 fully saturated rings. The second-order valence-electron chi connectivity index (χ2n) is 5.16. The SMILES string of the molecule is O=C1CNC(=O)N1C1CCN(S(=O)(=O)c2ccccc2F)C1. The smallest absolute Gasteiger partial charge is 0.324 e. The Labute approximate surface area is 126 Å². The second-order valence-corrected chi connectivity index (χ2v) is 7.06. The molecule has 2 heterocycles. The maximum Gasteiger partial charge on any atom is 0.324 e. The van der Waals surface area contributed by atoms with Crippen LogP contribution in [0.4, 0.5) is 9.18 Å². The molecule has 0 spiro atoms. The van der Waals surface area contributed by atoms with Gasteiger partial charge in [-0.25, -0.2) is 17.6 Å². The molecular formula is C13H14FN3O4S. The Bertz CT molecular complexity index is 721. The minimum atomic E-state index is -3.98. The van der Waals surface area contributed by atoms with E-state index in [0.29, 0.717) is 6.42 Å². The molecule has 2 aliphatic rings. The van der Waals surface area contributed by atoms with Crippen molar-refractivity contribution >= 4 is 22.0 Å². The summed E-state index contributed by atoms with van der Waals surface area (Å²) in [7, 11) is -3.98. The lowest BCUT2D eigenvalue weighted by Crippen LogP contribution is -2.43. The van der Waals surface area contributed by atoms with Gasteiger partial charge >= 0.3 is 6.03 Å². The highest BCUT2D eigenvalue weighted by Crippen LogP contribution is 2.26. The van der Waals surface area contributed by atoms with Crippen molar-refractivity contribution in [2.24, 2.45) is 0 Å². The zero-order valence-corrected chi connectivity index (χ0v) is 12.3. The lowest BCUT2D eigenvalue weighted by Gasteiger charge is -2.21. The van der Waals surface area contributed by atoms with Gasteiger partial charge < -0.3 is 5.32 Å². The Morgan fingerprint density at radius 3 is 2.59 bits per heavy atom. The summed E-state index contributed by atoms with van der Waals surface area (Å²) in [6.07, 6.45) is 0.340. The van der Waals surface area contributed by atoms with Crippen LogP contribution in [0.2, 0.25) is 0 Å². The maximum atomic E-state index is 13.7. The van der Waals surface area contributed by atoms with Crippen LogP contribution in [0.5, 0.6) is 0 Å². The predicted molar refractivity (Wildman–Crippen MR) is 73.8 cm³/mol. The molecule has 9 heteroatoms. The summed E-state index contributed by atoms with van der Waals surface area (Å²) >= 11 is 0. The molecule has 2 saturated heterocycles. The molecule has 3 rings (SSSR count). The van der Waals surface area contributed by atoms with Crippen molar-refractivity contribution in [2.75, 3.05) is 19.6 Å². The molecule has 1 unspecified atom stereocenters. The Morgan fingerprint density at radius 2 is 1.95 bits per heavy atom. The monoisotopic (exact) mass is 327 g/mol. The van der Waals surface area contributed by atoms with Gasteiger partial charge in [-0.05, 0) is 18.6 Å². The van der Waals surface area contributed by atoms with Crippen LogP contribution in [0.1, 0.15) is 6.42 Å². The average molecular weight is 327 g/mol. The largest absolute Gasteiger partial charge is 0.329 e. The van der Waals surface area contributed by atoms with Crippen molar-refractivity contribution in [3.05, 3.63) is 30.1 Å². The molecule has 1 aromatic rings. The average Bonchev–Trinajstić information content (AvgIpc) is 3.06. The number of amides is 3. The van der Waals surface area contributed by atoms with E-state index in [1.165, 1.54) is 18.2 Å². The van der Waals surface area contributed by atoms with E-state index in [9.17, 15) is 22.4 Å². The molecule has 0 aliphatic carbocycles. The van der Waals surface area contributed by atoms with Gasteiger partial charge in [-0.1, -0.05) is 12.1 Å². The molecule has 118 valence electrons. The highest BCUT2D eigenvalue weighted by Gasteiger charge is 2.42. The topological polar surface area (TPSA) is 86.8 Å². The van der Waals surface area contributed by atoms with Crippen LogP contribution in [-0.4, -0.2) is 55.2 Å². The van der Waals surface area contributed by atoms with E-state index in [4.69, 9.17) is 0 Å². The van der Waals surface area contributed by atoms with Crippen molar-refractivity contribution in [1.82, 2.24) is 14.5 Å². The van der Waals surface area contributed by atoms with Gasteiger partial charge in [0.2, 0.25) is 15.9 Å². The lowest BCUT2D eigenvalue weighted by atomic mass is 10.2. The fourth-order valence-electron chi connectivity index (χ4n) is 2.74. The number of hydrogen-bond donors (Lipinski definition) is 1. The number of hydrogen-bond acceptors (Lipinski definition) is 4. The molecule has 7 nitrogen and oxygen atoms in total. The number of nitrogens with one attached hydrogen (secondary N) is 1. The minimum Gasteiger partial charge on any atom is -0.329 e. The van der Waals surface area contributed by atoms with E-state index in [2.05, 4.69) is 5.32 Å². The lowest BCUT2D eigenvalue weighted by molar-refractivity contribution is -0.126. The summed E-state index contributed by atoms with van der Waals surface area (Å²) in [5, 5.41) is 2.40. The molecular weight excluding hydrogens is 313 g/mol. The molecule has 0 saturated carbocycles. The third-order valence-corrected chi connectivity index (χ3v) is 5.72. The van der Waals surface area contributed by atoms with Gasteiger partial charge in [0.25, 0.3) is 0 Å². The van der Waals surface area contributed by atoms with Crippen LogP contribution in [0.3, 0.4) is 0 Å². The molecule has 1 N–H and O–H groups in total. The highest BCUT2D eigenvalue weighted by atomic mass is 32.2. The number of carbonyl (C=O) groups is 2. The van der Waals surface area contributed by atoms with E-state index in [-0.39, 0.29) is 25.5 Å². The number of rotatable bonds is 3. The normalized spacial score (nSPS) is 23.1. The summed E-state index contributed by atoms with van der Waals surface area (Å²) in [6.45, 7) is 0.0453. The van der Waals surface area contributed by atoms with E-state index in [1.807, 2.05) is 0 Å². The van der Waals surface area contributed by atoms with Gasteiger partial charge in [0.15, 0.2) is 0 Å². The van der Waals surface area contributed by atoms with Gasteiger partial charge in [-0.2, -0.15) is 4.31 Å². The predicted octanol–water partition coefficient (Wildman–Crippen LogP) is 0.141. The van der Waals surface area contributed by atoms with E-state index in [1.54, 1.807) is 0 Å². The molecule has 1 atom stereocenters. The number of halogens is 1. The molecule has 2 aliphatic heterocycles. The minimum absolute atomic E-state index is 0.0180. The van der Waals surface area contributed by atoms with Crippen molar-refractivity contribution in [3.8, 4) is 0 Å². The summed E-state index contributed by atoms with van der Waals surface area (Å²) < 4.78 is 39.8. The first-order valence-corrected chi connectivity index (χ1v) is 8.20. The summed E-state index contributed by atoms with van der Waals surface area (Å²) in [5.74, 6) is -1.19. The zero-order valence-electron chi connectivity index (χ0n) is 11.5. The van der Waals surface area contributed by atoms with Crippen LogP contribution in [0, 0.1) is 5.82 Å². The molecule has 22 heavy (non-hydrogen) atoms. The van der Waals surface area contributed by atoms with E-state index >= 15 is 0 Å². The number of urea groups is 1. The van der Waals surface area contributed by atoms with Crippen LogP contribution >= 0.6 is 0 Å². The highest BCUT2D eigenvalue weighted by molar-refractivity contribution is 7.89. The molecule has 3 amide bonds. The Hall–Kier alpha value is -2.00. The molecule has 0 bridgehead atoms. The third kappa shape index (κ3) is 2.35. The fourth-order valence-corrected chi connectivity index (χ4v) is 4.29. The standard InChI is InChI=1S/C13H14FN3O4S/c14-10-3-1-2-4-11(10)22(20,21)16-6-5-9(8-16)17-12(18)7-15-13(17)19/h1-4,9H,5-8H2,(H,15,19). The van der Waals surface area contributed by atoms with E-state index < -0.39 is 32.8 Å². The number of carbonyl (C=O) groups excluding carboxylic acids is 2. The van der Waals surface area contributed by atoms with Gasteiger partial charge in [-0.15, -0.1) is 0 Å². The van der Waals surface area contributed by atoms with Crippen molar-refractivity contribution in [3.63, 3.8) is 0 Å². The maximum absolute atomic E-state index is 13.7. The number of sulfonamides is 1. The fraction of sp³-hybridized carbons (Fsp3) is 0.385. The number of benzene rings is 1. The van der Waals surface area contributed by atoms with Gasteiger partial charge in [-0.3, -0.25) is 9.69 Å². The zero-order chi connectivity index (χ0) is 15.9. The Kier molecular flexibility index (Phi) is 3.61. The van der Waals surface area contributed by atoms with Crippen molar-refractivity contribution < 1.29 is 22.4 Å². The van der Waals surface area contributed by atoms with Gasteiger partial charge in [0.1, 0.15) is 10.7 Å². The molecule has 0 aromatic heterocycles. The van der Waals surface area contributed by atoms with E-state index in [0.717, 1.165) is 15.3 Å². The Balaban J connectivity index is 1.82. The second kappa shape index (κ2) is 5.33.